The van der Waals surface area contributed by atoms with E-state index in [-0.39, 0.29) is 18.2 Å². The van der Waals surface area contributed by atoms with Crippen LogP contribution in [0.15, 0.2) is 30.6 Å². The summed E-state index contributed by atoms with van der Waals surface area (Å²) in [4.78, 5) is 25.2. The van der Waals surface area contributed by atoms with Crippen LogP contribution in [-0.2, 0) is 11.2 Å². The van der Waals surface area contributed by atoms with E-state index in [1.165, 1.54) is 12.1 Å². The first-order valence-electron chi connectivity index (χ1n) is 9.68. The highest BCUT2D eigenvalue weighted by Gasteiger charge is 2.31. The monoisotopic (exact) mass is 423 g/mol. The number of ether oxygens (including phenoxy) is 1. The van der Waals surface area contributed by atoms with Crippen molar-refractivity contribution in [3.8, 4) is 5.75 Å². The van der Waals surface area contributed by atoms with Crippen molar-refractivity contribution in [2.75, 3.05) is 42.9 Å². The highest BCUT2D eigenvalue weighted by molar-refractivity contribution is 5.92. The van der Waals surface area contributed by atoms with E-state index in [1.807, 2.05) is 11.8 Å². The minimum absolute atomic E-state index is 0.206. The molecule has 0 radical (unpaired) electrons. The predicted octanol–water partition coefficient (Wildman–Crippen LogP) is 3.01. The SMILES string of the molecule is CCc1c(C)ncnc1N1CCN(CC(=O)Nc2ccc(OC(F)(F)F)cc2)CC1. The van der Waals surface area contributed by atoms with Gasteiger partial charge in [0, 0.05) is 43.1 Å². The third-order valence-corrected chi connectivity index (χ3v) is 4.90. The van der Waals surface area contributed by atoms with Crippen molar-refractivity contribution in [3.63, 3.8) is 0 Å². The van der Waals surface area contributed by atoms with Gasteiger partial charge in [-0.2, -0.15) is 0 Å². The number of hydrogen-bond acceptors (Lipinski definition) is 6. The summed E-state index contributed by atoms with van der Waals surface area (Å²) in [5, 5.41) is 2.70. The zero-order chi connectivity index (χ0) is 21.7. The number of hydrogen-bond donors (Lipinski definition) is 1. The molecule has 1 aromatic carbocycles. The van der Waals surface area contributed by atoms with Gasteiger partial charge in [0.2, 0.25) is 5.91 Å². The second-order valence-corrected chi connectivity index (χ2v) is 7.00. The molecule has 1 aromatic heterocycles. The molecule has 0 saturated carbocycles. The number of nitrogens with zero attached hydrogens (tertiary/aromatic N) is 4. The number of anilines is 2. The number of aromatic nitrogens is 2. The van der Waals surface area contributed by atoms with Crippen molar-refractivity contribution in [3.05, 3.63) is 41.9 Å². The number of alkyl halides is 3. The molecular weight excluding hydrogens is 399 g/mol. The van der Waals surface area contributed by atoms with Gasteiger partial charge in [-0.3, -0.25) is 9.69 Å². The summed E-state index contributed by atoms with van der Waals surface area (Å²) in [6, 6.07) is 5.08. The van der Waals surface area contributed by atoms with Crippen molar-refractivity contribution in [1.82, 2.24) is 14.9 Å². The lowest BCUT2D eigenvalue weighted by atomic mass is 10.1. The van der Waals surface area contributed by atoms with E-state index >= 15 is 0 Å². The van der Waals surface area contributed by atoms with Gasteiger partial charge in [0.15, 0.2) is 0 Å². The van der Waals surface area contributed by atoms with Crippen LogP contribution in [0.1, 0.15) is 18.2 Å². The van der Waals surface area contributed by atoms with E-state index in [9.17, 15) is 18.0 Å². The largest absolute Gasteiger partial charge is 0.573 e. The average molecular weight is 423 g/mol. The number of nitrogens with one attached hydrogen (secondary N) is 1. The third kappa shape index (κ3) is 5.82. The van der Waals surface area contributed by atoms with E-state index in [0.717, 1.165) is 48.7 Å². The number of amides is 1. The van der Waals surface area contributed by atoms with Gasteiger partial charge in [-0.15, -0.1) is 13.2 Å². The first-order chi connectivity index (χ1) is 14.2. The lowest BCUT2D eigenvalue weighted by molar-refractivity contribution is -0.274. The molecule has 1 aliphatic rings. The van der Waals surface area contributed by atoms with Crippen LogP contribution in [0.4, 0.5) is 24.7 Å². The zero-order valence-electron chi connectivity index (χ0n) is 16.9. The Hall–Kier alpha value is -2.88. The molecule has 0 aliphatic carbocycles. The van der Waals surface area contributed by atoms with Gasteiger partial charge in [-0.25, -0.2) is 9.97 Å². The van der Waals surface area contributed by atoms with Gasteiger partial charge in [-0.1, -0.05) is 6.92 Å². The van der Waals surface area contributed by atoms with Gasteiger partial charge in [0.05, 0.1) is 6.54 Å². The fourth-order valence-electron chi connectivity index (χ4n) is 3.44. The molecule has 1 fully saturated rings. The number of carbonyl (C=O) groups is 1. The molecule has 2 heterocycles. The Morgan fingerprint density at radius 1 is 1.13 bits per heavy atom. The Kier molecular flexibility index (Phi) is 6.76. The van der Waals surface area contributed by atoms with Gasteiger partial charge < -0.3 is 15.0 Å². The number of benzene rings is 1. The van der Waals surface area contributed by atoms with Crippen LogP contribution < -0.4 is 15.0 Å². The Balaban J connectivity index is 1.49. The predicted molar refractivity (Wildman–Crippen MR) is 107 cm³/mol. The molecule has 162 valence electrons. The summed E-state index contributed by atoms with van der Waals surface area (Å²) in [7, 11) is 0. The maximum absolute atomic E-state index is 12.3. The molecule has 10 heteroatoms. The first-order valence-corrected chi connectivity index (χ1v) is 9.68. The molecule has 1 amide bonds. The minimum Gasteiger partial charge on any atom is -0.406 e. The van der Waals surface area contributed by atoms with Crippen molar-refractivity contribution in [2.45, 2.75) is 26.6 Å². The fourth-order valence-corrected chi connectivity index (χ4v) is 3.44. The van der Waals surface area contributed by atoms with Crippen LogP contribution in [0.2, 0.25) is 0 Å². The van der Waals surface area contributed by atoms with E-state index in [4.69, 9.17) is 0 Å². The van der Waals surface area contributed by atoms with Crippen molar-refractivity contribution >= 4 is 17.4 Å². The van der Waals surface area contributed by atoms with E-state index in [2.05, 4.69) is 31.8 Å². The molecule has 0 bridgehead atoms. The Bertz CT molecular complexity index is 866. The number of carbonyl (C=O) groups excluding carboxylic acids is 1. The standard InChI is InChI=1S/C20H24F3N5O2/c1-3-17-14(2)24-13-25-19(17)28-10-8-27(9-11-28)12-18(29)26-15-4-6-16(7-5-15)30-20(21,22)23/h4-7,13H,3,8-12H2,1-2H3,(H,26,29). The van der Waals surface area contributed by atoms with Crippen LogP contribution in [0.3, 0.4) is 0 Å². The van der Waals surface area contributed by atoms with Crippen LogP contribution in [-0.4, -0.2) is 59.9 Å². The molecule has 0 unspecified atom stereocenters. The third-order valence-electron chi connectivity index (χ3n) is 4.90. The van der Waals surface area contributed by atoms with Crippen LogP contribution in [0, 0.1) is 6.92 Å². The van der Waals surface area contributed by atoms with Gasteiger partial charge >= 0.3 is 6.36 Å². The summed E-state index contributed by atoms with van der Waals surface area (Å²) >= 11 is 0. The van der Waals surface area contributed by atoms with Gasteiger partial charge in [0.1, 0.15) is 17.9 Å². The number of rotatable bonds is 6. The Labute approximate surface area is 172 Å². The Morgan fingerprint density at radius 3 is 2.40 bits per heavy atom. The summed E-state index contributed by atoms with van der Waals surface area (Å²) in [6.45, 7) is 7.18. The number of aryl methyl sites for hydroxylation is 1. The number of halogens is 3. The first kappa shape index (κ1) is 21.8. The second-order valence-electron chi connectivity index (χ2n) is 7.00. The average Bonchev–Trinajstić information content (AvgIpc) is 2.69. The van der Waals surface area contributed by atoms with Crippen molar-refractivity contribution < 1.29 is 22.7 Å². The molecule has 30 heavy (non-hydrogen) atoms. The smallest absolute Gasteiger partial charge is 0.406 e. The highest BCUT2D eigenvalue weighted by atomic mass is 19.4. The lowest BCUT2D eigenvalue weighted by Crippen LogP contribution is -2.49. The highest BCUT2D eigenvalue weighted by Crippen LogP contribution is 2.24. The van der Waals surface area contributed by atoms with E-state index < -0.39 is 6.36 Å². The molecule has 0 atom stereocenters. The van der Waals surface area contributed by atoms with Crippen LogP contribution in [0.5, 0.6) is 5.75 Å². The minimum atomic E-state index is -4.74. The maximum Gasteiger partial charge on any atom is 0.573 e. The quantitative estimate of drug-likeness (QED) is 0.770. The van der Waals surface area contributed by atoms with Crippen LogP contribution >= 0.6 is 0 Å². The molecule has 7 nitrogen and oxygen atoms in total. The van der Waals surface area contributed by atoms with E-state index in [1.54, 1.807) is 6.33 Å². The zero-order valence-corrected chi connectivity index (χ0v) is 16.9. The second kappa shape index (κ2) is 9.29. The normalized spacial score (nSPS) is 15.2. The fraction of sp³-hybridized carbons (Fsp3) is 0.450. The molecule has 3 rings (SSSR count). The van der Waals surface area contributed by atoms with Gasteiger partial charge in [-0.05, 0) is 37.6 Å². The topological polar surface area (TPSA) is 70.6 Å². The molecule has 1 aliphatic heterocycles. The summed E-state index contributed by atoms with van der Waals surface area (Å²) < 4.78 is 40.4. The molecule has 1 N–H and O–H groups in total. The summed E-state index contributed by atoms with van der Waals surface area (Å²) in [5.74, 6) is 0.401. The van der Waals surface area contributed by atoms with Crippen LogP contribution in [0.25, 0.3) is 0 Å². The molecular formula is C20H24F3N5O2. The van der Waals surface area contributed by atoms with Crippen molar-refractivity contribution in [1.29, 1.82) is 0 Å². The van der Waals surface area contributed by atoms with E-state index in [0.29, 0.717) is 18.8 Å². The molecule has 1 saturated heterocycles. The van der Waals surface area contributed by atoms with Crippen molar-refractivity contribution in [2.24, 2.45) is 0 Å². The Morgan fingerprint density at radius 2 is 1.80 bits per heavy atom. The van der Waals surface area contributed by atoms with Gasteiger partial charge in [0.25, 0.3) is 0 Å². The molecule has 2 aromatic rings. The molecule has 0 spiro atoms. The summed E-state index contributed by atoms with van der Waals surface area (Å²) in [5.41, 5.74) is 2.54. The lowest BCUT2D eigenvalue weighted by Gasteiger charge is -2.35. The number of piperazine rings is 1. The maximum atomic E-state index is 12.3. The summed E-state index contributed by atoms with van der Waals surface area (Å²) in [6.07, 6.45) is -2.30.